The zero-order chi connectivity index (χ0) is 13.8. The zero-order valence-electron chi connectivity index (χ0n) is 10.9. The first kappa shape index (κ1) is 13.7. The molecule has 3 heteroatoms. The minimum Gasteiger partial charge on any atom is -0.330 e. The van der Waals surface area contributed by atoms with Crippen LogP contribution in [0.25, 0.3) is 0 Å². The highest BCUT2D eigenvalue weighted by atomic mass is 19.2. The van der Waals surface area contributed by atoms with Gasteiger partial charge in [-0.1, -0.05) is 42.0 Å². The van der Waals surface area contributed by atoms with Crippen LogP contribution in [0.3, 0.4) is 0 Å². The van der Waals surface area contributed by atoms with Gasteiger partial charge in [0.25, 0.3) is 0 Å². The molecule has 2 aromatic carbocycles. The van der Waals surface area contributed by atoms with Crippen molar-refractivity contribution in [2.24, 2.45) is 5.73 Å². The molecule has 1 unspecified atom stereocenters. The lowest BCUT2D eigenvalue weighted by molar-refractivity contribution is 0.493. The Hall–Kier alpha value is -1.74. The minimum atomic E-state index is -0.808. The second kappa shape index (κ2) is 5.93. The van der Waals surface area contributed by atoms with Crippen LogP contribution in [0.15, 0.2) is 42.5 Å². The van der Waals surface area contributed by atoms with Crippen LogP contribution >= 0.6 is 0 Å². The number of rotatable bonds is 4. The molecule has 0 saturated heterocycles. The van der Waals surface area contributed by atoms with E-state index in [-0.39, 0.29) is 5.92 Å². The van der Waals surface area contributed by atoms with E-state index >= 15 is 0 Å². The van der Waals surface area contributed by atoms with Crippen molar-refractivity contribution in [3.05, 3.63) is 70.8 Å². The summed E-state index contributed by atoms with van der Waals surface area (Å²) in [5.74, 6) is -1.58. The monoisotopic (exact) mass is 261 g/mol. The second-order valence-electron chi connectivity index (χ2n) is 4.76. The average molecular weight is 261 g/mol. The van der Waals surface area contributed by atoms with E-state index in [2.05, 4.69) is 0 Å². The summed E-state index contributed by atoms with van der Waals surface area (Å²) >= 11 is 0. The summed E-state index contributed by atoms with van der Waals surface area (Å²) in [5, 5.41) is 0. The van der Waals surface area contributed by atoms with E-state index in [1.165, 1.54) is 6.07 Å². The summed E-state index contributed by atoms with van der Waals surface area (Å²) in [7, 11) is 0. The van der Waals surface area contributed by atoms with Crippen LogP contribution in [-0.2, 0) is 6.42 Å². The fourth-order valence-electron chi connectivity index (χ4n) is 2.15. The lowest BCUT2D eigenvalue weighted by Gasteiger charge is -2.16. The fraction of sp³-hybridized carbons (Fsp3) is 0.250. The van der Waals surface area contributed by atoms with Crippen LogP contribution in [0.5, 0.6) is 0 Å². The molecule has 0 spiro atoms. The highest BCUT2D eigenvalue weighted by Crippen LogP contribution is 2.23. The molecule has 0 radical (unpaired) electrons. The molecule has 0 aliphatic carbocycles. The van der Waals surface area contributed by atoms with E-state index in [1.54, 1.807) is 6.07 Å². The van der Waals surface area contributed by atoms with E-state index in [4.69, 9.17) is 5.73 Å². The van der Waals surface area contributed by atoms with Crippen molar-refractivity contribution < 1.29 is 8.78 Å². The minimum absolute atomic E-state index is 0.00287. The quantitative estimate of drug-likeness (QED) is 0.894. The topological polar surface area (TPSA) is 26.0 Å². The largest absolute Gasteiger partial charge is 0.330 e. The Kier molecular flexibility index (Phi) is 4.27. The molecule has 0 fully saturated rings. The van der Waals surface area contributed by atoms with Crippen molar-refractivity contribution in [3.8, 4) is 0 Å². The highest BCUT2D eigenvalue weighted by molar-refractivity contribution is 5.28. The maximum atomic E-state index is 13.7. The predicted octanol–water partition coefficient (Wildman–Crippen LogP) is 3.56. The summed E-state index contributed by atoms with van der Waals surface area (Å²) in [6.45, 7) is 2.41. The average Bonchev–Trinajstić information content (AvgIpc) is 2.42. The second-order valence-corrected chi connectivity index (χ2v) is 4.76. The van der Waals surface area contributed by atoms with Crippen LogP contribution < -0.4 is 5.73 Å². The van der Waals surface area contributed by atoms with Crippen molar-refractivity contribution in [3.63, 3.8) is 0 Å². The summed E-state index contributed by atoms with van der Waals surface area (Å²) in [4.78, 5) is 0. The van der Waals surface area contributed by atoms with E-state index in [0.29, 0.717) is 18.5 Å². The molecule has 0 aliphatic heterocycles. The van der Waals surface area contributed by atoms with Crippen molar-refractivity contribution >= 4 is 0 Å². The zero-order valence-corrected chi connectivity index (χ0v) is 10.9. The SMILES string of the molecule is Cc1ccc(C(CN)Cc2cccc(F)c2F)cc1. The molecule has 100 valence electrons. The van der Waals surface area contributed by atoms with Crippen molar-refractivity contribution in [2.75, 3.05) is 6.54 Å². The molecule has 0 saturated carbocycles. The van der Waals surface area contributed by atoms with E-state index in [9.17, 15) is 8.78 Å². The summed E-state index contributed by atoms with van der Waals surface area (Å²) in [6, 6.07) is 12.2. The molecular formula is C16H17F2N. The number of hydrogen-bond acceptors (Lipinski definition) is 1. The van der Waals surface area contributed by atoms with Gasteiger partial charge in [-0.15, -0.1) is 0 Å². The maximum Gasteiger partial charge on any atom is 0.162 e. The molecule has 0 aromatic heterocycles. The molecule has 0 heterocycles. The molecule has 2 N–H and O–H groups in total. The van der Waals surface area contributed by atoms with Gasteiger partial charge in [0.05, 0.1) is 0 Å². The van der Waals surface area contributed by atoms with Crippen LogP contribution in [0.4, 0.5) is 8.78 Å². The van der Waals surface area contributed by atoms with Crippen LogP contribution in [0.2, 0.25) is 0 Å². The molecule has 0 amide bonds. The molecule has 1 atom stereocenters. The van der Waals surface area contributed by atoms with Gasteiger partial charge in [-0.3, -0.25) is 0 Å². The van der Waals surface area contributed by atoms with Gasteiger partial charge in [-0.25, -0.2) is 8.78 Å². The van der Waals surface area contributed by atoms with Gasteiger partial charge < -0.3 is 5.73 Å². The first-order chi connectivity index (χ1) is 9.11. The third-order valence-electron chi connectivity index (χ3n) is 3.33. The summed E-state index contributed by atoms with van der Waals surface area (Å²) in [6.07, 6.45) is 0.406. The Morgan fingerprint density at radius 2 is 1.74 bits per heavy atom. The van der Waals surface area contributed by atoms with Gasteiger partial charge in [0, 0.05) is 5.92 Å². The normalized spacial score (nSPS) is 12.4. The van der Waals surface area contributed by atoms with E-state index < -0.39 is 11.6 Å². The number of nitrogens with two attached hydrogens (primary N) is 1. The van der Waals surface area contributed by atoms with Gasteiger partial charge >= 0.3 is 0 Å². The maximum absolute atomic E-state index is 13.7. The van der Waals surface area contributed by atoms with Gasteiger partial charge in [0.15, 0.2) is 11.6 Å². The lowest BCUT2D eigenvalue weighted by Crippen LogP contribution is -2.16. The number of hydrogen-bond donors (Lipinski definition) is 1. The number of benzene rings is 2. The first-order valence-electron chi connectivity index (χ1n) is 6.31. The Balaban J connectivity index is 2.24. The molecule has 2 rings (SSSR count). The third-order valence-corrected chi connectivity index (χ3v) is 3.33. The Labute approximate surface area is 112 Å². The molecule has 19 heavy (non-hydrogen) atoms. The van der Waals surface area contributed by atoms with E-state index in [1.807, 2.05) is 31.2 Å². The van der Waals surface area contributed by atoms with Crippen molar-refractivity contribution in [2.45, 2.75) is 19.3 Å². The van der Waals surface area contributed by atoms with E-state index in [0.717, 1.165) is 17.2 Å². The van der Waals surface area contributed by atoms with Gasteiger partial charge in [-0.2, -0.15) is 0 Å². The molecule has 0 bridgehead atoms. The standard InChI is InChI=1S/C16H17F2N/c1-11-5-7-12(8-6-11)14(10-19)9-13-3-2-4-15(17)16(13)18/h2-8,14H,9-10,19H2,1H3. The van der Waals surface area contributed by atoms with Crippen molar-refractivity contribution in [1.29, 1.82) is 0 Å². The molecule has 1 nitrogen and oxygen atoms in total. The fourth-order valence-corrected chi connectivity index (χ4v) is 2.15. The number of halogens is 2. The van der Waals surface area contributed by atoms with Gasteiger partial charge in [0.2, 0.25) is 0 Å². The predicted molar refractivity (Wildman–Crippen MR) is 73.0 cm³/mol. The van der Waals surface area contributed by atoms with Crippen LogP contribution in [-0.4, -0.2) is 6.54 Å². The third kappa shape index (κ3) is 3.18. The van der Waals surface area contributed by atoms with Gasteiger partial charge in [0.1, 0.15) is 0 Å². The lowest BCUT2D eigenvalue weighted by atomic mass is 9.91. The van der Waals surface area contributed by atoms with Crippen LogP contribution in [0, 0.1) is 18.6 Å². The smallest absolute Gasteiger partial charge is 0.162 e. The summed E-state index contributed by atoms with van der Waals surface area (Å²) in [5.41, 5.74) is 8.35. The Morgan fingerprint density at radius 1 is 1.05 bits per heavy atom. The molecular weight excluding hydrogens is 244 g/mol. The van der Waals surface area contributed by atoms with Gasteiger partial charge in [-0.05, 0) is 37.1 Å². The summed E-state index contributed by atoms with van der Waals surface area (Å²) < 4.78 is 26.8. The molecule has 0 aliphatic rings. The van der Waals surface area contributed by atoms with Crippen LogP contribution in [0.1, 0.15) is 22.6 Å². The highest BCUT2D eigenvalue weighted by Gasteiger charge is 2.15. The Bertz CT molecular complexity index is 549. The first-order valence-corrected chi connectivity index (χ1v) is 6.31. The number of aryl methyl sites for hydroxylation is 1. The van der Waals surface area contributed by atoms with Crippen molar-refractivity contribution in [1.82, 2.24) is 0 Å². The molecule has 2 aromatic rings. The Morgan fingerprint density at radius 3 is 2.37 bits per heavy atom.